The van der Waals surface area contributed by atoms with Gasteiger partial charge in [-0.1, -0.05) is 12.1 Å². The Labute approximate surface area is 121 Å². The van der Waals surface area contributed by atoms with Gasteiger partial charge < -0.3 is 9.67 Å². The topological polar surface area (TPSA) is 42.2 Å². The van der Waals surface area contributed by atoms with E-state index >= 15 is 0 Å². The van der Waals surface area contributed by atoms with Crippen LogP contribution in [0, 0.1) is 12.7 Å². The molecule has 3 rings (SSSR count). The first kappa shape index (κ1) is 13.4. The third kappa shape index (κ3) is 2.52. The van der Waals surface area contributed by atoms with Crippen molar-refractivity contribution in [2.45, 2.75) is 13.5 Å². The number of hydrogen-bond acceptors (Lipinski definition) is 1. The van der Waals surface area contributed by atoms with Crippen LogP contribution in [0.4, 0.5) is 4.39 Å². The van der Waals surface area contributed by atoms with E-state index in [2.05, 4.69) is 0 Å². The van der Waals surface area contributed by atoms with Gasteiger partial charge in [0.2, 0.25) is 0 Å². The summed E-state index contributed by atoms with van der Waals surface area (Å²) in [5.41, 5.74) is 2.97. The maximum Gasteiger partial charge on any atom is 0.335 e. The van der Waals surface area contributed by atoms with Crippen molar-refractivity contribution in [1.82, 2.24) is 4.57 Å². The van der Waals surface area contributed by atoms with Gasteiger partial charge in [-0.15, -0.1) is 0 Å². The molecule has 2 aromatic carbocycles. The Kier molecular flexibility index (Phi) is 3.22. The zero-order chi connectivity index (χ0) is 15.0. The zero-order valence-corrected chi connectivity index (χ0v) is 11.5. The number of carbonyl (C=O) groups is 1. The number of halogens is 1. The molecule has 106 valence electrons. The highest BCUT2D eigenvalue weighted by molar-refractivity contribution is 5.93. The molecular formula is C17H14FNO2. The number of carboxylic acids is 1. The summed E-state index contributed by atoms with van der Waals surface area (Å²) < 4.78 is 15.3. The van der Waals surface area contributed by atoms with Gasteiger partial charge in [-0.25, -0.2) is 9.18 Å². The van der Waals surface area contributed by atoms with Crippen LogP contribution >= 0.6 is 0 Å². The average Bonchev–Trinajstić information content (AvgIpc) is 2.85. The highest BCUT2D eigenvalue weighted by Gasteiger charge is 2.08. The second kappa shape index (κ2) is 5.05. The van der Waals surface area contributed by atoms with Gasteiger partial charge in [0.05, 0.1) is 5.56 Å². The highest BCUT2D eigenvalue weighted by atomic mass is 19.1. The number of aromatic nitrogens is 1. The van der Waals surface area contributed by atoms with Crippen LogP contribution < -0.4 is 0 Å². The van der Waals surface area contributed by atoms with E-state index in [0.717, 1.165) is 22.0 Å². The Morgan fingerprint density at radius 3 is 2.76 bits per heavy atom. The number of rotatable bonds is 3. The number of aromatic carboxylic acids is 1. The van der Waals surface area contributed by atoms with Crippen molar-refractivity contribution in [1.29, 1.82) is 0 Å². The molecule has 3 aromatic rings. The Hall–Kier alpha value is -2.62. The van der Waals surface area contributed by atoms with Gasteiger partial charge in [-0.05, 0) is 53.8 Å². The number of hydrogen-bond donors (Lipinski definition) is 1. The lowest BCUT2D eigenvalue weighted by molar-refractivity contribution is 0.0697. The lowest BCUT2D eigenvalue weighted by Crippen LogP contribution is -2.02. The molecule has 0 aliphatic heterocycles. The van der Waals surface area contributed by atoms with Crippen LogP contribution in [0.5, 0.6) is 0 Å². The summed E-state index contributed by atoms with van der Waals surface area (Å²) in [5.74, 6) is -1.22. The maximum absolute atomic E-state index is 13.4. The molecule has 1 heterocycles. The summed E-state index contributed by atoms with van der Waals surface area (Å²) in [5, 5.41) is 10.1. The van der Waals surface area contributed by atoms with Gasteiger partial charge in [0.1, 0.15) is 5.82 Å². The first-order chi connectivity index (χ1) is 10.0. The van der Waals surface area contributed by atoms with Crippen molar-refractivity contribution in [3.05, 3.63) is 71.2 Å². The van der Waals surface area contributed by atoms with E-state index in [9.17, 15) is 9.18 Å². The standard InChI is InChI=1S/C17H14FNO2/c1-11-2-5-15(18)8-14(11)10-19-7-6-12-3-4-13(17(20)21)9-16(12)19/h2-9H,10H2,1H3,(H,20,21). The Balaban J connectivity index is 2.06. The monoisotopic (exact) mass is 283 g/mol. The van der Waals surface area contributed by atoms with Crippen LogP contribution in [0.15, 0.2) is 48.7 Å². The largest absolute Gasteiger partial charge is 0.478 e. The SMILES string of the molecule is Cc1ccc(F)cc1Cn1ccc2ccc(C(=O)O)cc21. The van der Waals surface area contributed by atoms with E-state index in [0.29, 0.717) is 6.54 Å². The van der Waals surface area contributed by atoms with E-state index < -0.39 is 5.97 Å². The van der Waals surface area contributed by atoms with Crippen molar-refractivity contribution in [2.24, 2.45) is 0 Å². The maximum atomic E-state index is 13.4. The fourth-order valence-corrected chi connectivity index (χ4v) is 2.45. The molecule has 0 saturated heterocycles. The number of nitrogens with zero attached hydrogens (tertiary/aromatic N) is 1. The smallest absolute Gasteiger partial charge is 0.335 e. The molecule has 0 atom stereocenters. The minimum Gasteiger partial charge on any atom is -0.478 e. The van der Waals surface area contributed by atoms with E-state index in [1.54, 1.807) is 24.3 Å². The van der Waals surface area contributed by atoms with Gasteiger partial charge in [-0.2, -0.15) is 0 Å². The molecule has 0 saturated carbocycles. The predicted molar refractivity (Wildman–Crippen MR) is 79.1 cm³/mol. The van der Waals surface area contributed by atoms with Gasteiger partial charge >= 0.3 is 5.97 Å². The molecular weight excluding hydrogens is 269 g/mol. The molecule has 3 nitrogen and oxygen atoms in total. The lowest BCUT2D eigenvalue weighted by Gasteiger charge is -2.09. The molecule has 4 heteroatoms. The van der Waals surface area contributed by atoms with Crippen molar-refractivity contribution < 1.29 is 14.3 Å². The van der Waals surface area contributed by atoms with E-state index in [1.165, 1.54) is 12.1 Å². The Morgan fingerprint density at radius 1 is 1.19 bits per heavy atom. The molecule has 0 spiro atoms. The predicted octanol–water partition coefficient (Wildman–Crippen LogP) is 3.84. The zero-order valence-electron chi connectivity index (χ0n) is 11.5. The van der Waals surface area contributed by atoms with Crippen LogP contribution in [0.25, 0.3) is 10.9 Å². The van der Waals surface area contributed by atoms with Crippen molar-refractivity contribution >= 4 is 16.9 Å². The Bertz CT molecular complexity index is 836. The summed E-state index contributed by atoms with van der Waals surface area (Å²) in [6, 6.07) is 11.6. The fourth-order valence-electron chi connectivity index (χ4n) is 2.45. The van der Waals surface area contributed by atoms with E-state index in [-0.39, 0.29) is 11.4 Å². The minimum absolute atomic E-state index is 0.249. The molecule has 0 fully saturated rings. The second-order valence-electron chi connectivity index (χ2n) is 5.09. The molecule has 1 aromatic heterocycles. The van der Waals surface area contributed by atoms with Gasteiger partial charge in [0.25, 0.3) is 0 Å². The third-order valence-electron chi connectivity index (χ3n) is 3.67. The number of carboxylic acid groups (broad SMARTS) is 1. The van der Waals surface area contributed by atoms with Crippen LogP contribution in [-0.4, -0.2) is 15.6 Å². The van der Waals surface area contributed by atoms with Crippen molar-refractivity contribution in [3.63, 3.8) is 0 Å². The van der Waals surface area contributed by atoms with Crippen LogP contribution in [0.1, 0.15) is 21.5 Å². The van der Waals surface area contributed by atoms with Crippen LogP contribution in [0.3, 0.4) is 0 Å². The van der Waals surface area contributed by atoms with Crippen molar-refractivity contribution in [2.75, 3.05) is 0 Å². The van der Waals surface area contributed by atoms with E-state index in [4.69, 9.17) is 5.11 Å². The van der Waals surface area contributed by atoms with Crippen LogP contribution in [0.2, 0.25) is 0 Å². The summed E-state index contributed by atoms with van der Waals surface area (Å²) in [6.45, 7) is 2.44. The summed E-state index contributed by atoms with van der Waals surface area (Å²) in [7, 11) is 0. The molecule has 1 N–H and O–H groups in total. The molecule has 0 unspecified atom stereocenters. The summed E-state index contributed by atoms with van der Waals surface area (Å²) >= 11 is 0. The molecule has 21 heavy (non-hydrogen) atoms. The molecule has 0 bridgehead atoms. The molecule has 0 aliphatic carbocycles. The van der Waals surface area contributed by atoms with Gasteiger partial charge in [-0.3, -0.25) is 0 Å². The summed E-state index contributed by atoms with van der Waals surface area (Å²) in [6.07, 6.45) is 1.89. The normalized spacial score (nSPS) is 11.0. The third-order valence-corrected chi connectivity index (χ3v) is 3.67. The first-order valence-electron chi connectivity index (χ1n) is 6.62. The van der Waals surface area contributed by atoms with Gasteiger partial charge in [0.15, 0.2) is 0 Å². The molecule has 0 radical (unpaired) electrons. The van der Waals surface area contributed by atoms with Gasteiger partial charge in [0, 0.05) is 18.3 Å². The highest BCUT2D eigenvalue weighted by Crippen LogP contribution is 2.20. The number of aryl methyl sites for hydroxylation is 1. The fraction of sp³-hybridized carbons (Fsp3) is 0.118. The molecule has 0 aliphatic rings. The lowest BCUT2D eigenvalue weighted by atomic mass is 10.1. The molecule has 0 amide bonds. The average molecular weight is 283 g/mol. The van der Waals surface area contributed by atoms with E-state index in [1.807, 2.05) is 23.8 Å². The number of fused-ring (bicyclic) bond motifs is 1. The second-order valence-corrected chi connectivity index (χ2v) is 5.09. The minimum atomic E-state index is -0.952. The quantitative estimate of drug-likeness (QED) is 0.793. The van der Waals surface area contributed by atoms with Crippen molar-refractivity contribution in [3.8, 4) is 0 Å². The van der Waals surface area contributed by atoms with Crippen LogP contribution in [-0.2, 0) is 6.54 Å². The first-order valence-corrected chi connectivity index (χ1v) is 6.62. The Morgan fingerprint density at radius 2 is 2.00 bits per heavy atom. The number of benzene rings is 2. The summed E-state index contributed by atoms with van der Waals surface area (Å²) in [4.78, 5) is 11.1.